The number of hydrogen-bond acceptors (Lipinski definition) is 4. The molecule has 236 valence electrons. The molecule has 0 N–H and O–H groups in total. The molecule has 4 heteroatoms. The standard InChI is InChI=1S/C46H31N3O/c1-46(2)38-18-10-8-16-34(38)35-23-22-32(26-39(35)46)44-47-43(29-13-4-3-5-14-29)48-45(49-44)37-25-33(31-21-20-28-12-6-7-15-30(28)24-31)27-41-42(37)36-17-9-11-19-40(36)50-41/h3-27H,1-2H3. The van der Waals surface area contributed by atoms with Gasteiger partial charge in [-0.1, -0.05) is 135 Å². The van der Waals surface area contributed by atoms with Crippen LogP contribution < -0.4 is 0 Å². The number of para-hydroxylation sites is 1. The minimum atomic E-state index is -0.143. The number of hydrogen-bond donors (Lipinski definition) is 0. The fourth-order valence-electron chi connectivity index (χ4n) is 7.75. The van der Waals surface area contributed by atoms with Gasteiger partial charge in [0.05, 0.1) is 0 Å². The number of aromatic nitrogens is 3. The molecule has 1 aliphatic carbocycles. The van der Waals surface area contributed by atoms with Crippen LogP contribution in [-0.2, 0) is 5.41 Å². The molecule has 2 aromatic heterocycles. The zero-order valence-electron chi connectivity index (χ0n) is 27.7. The third-order valence-electron chi connectivity index (χ3n) is 10.3. The van der Waals surface area contributed by atoms with Gasteiger partial charge in [0.2, 0.25) is 0 Å². The van der Waals surface area contributed by atoms with Crippen LogP contribution in [0, 0.1) is 0 Å². The minimum absolute atomic E-state index is 0.143. The predicted molar refractivity (Wildman–Crippen MR) is 204 cm³/mol. The molecular formula is C46H31N3O. The monoisotopic (exact) mass is 641 g/mol. The average Bonchev–Trinajstić information content (AvgIpc) is 3.66. The first kappa shape index (κ1) is 28.6. The van der Waals surface area contributed by atoms with Crippen LogP contribution in [-0.4, -0.2) is 15.0 Å². The van der Waals surface area contributed by atoms with Crippen LogP contribution in [0.3, 0.4) is 0 Å². The Kier molecular flexibility index (Phi) is 6.19. The molecule has 0 saturated heterocycles. The molecule has 0 unspecified atom stereocenters. The van der Waals surface area contributed by atoms with Gasteiger partial charge in [0.1, 0.15) is 11.2 Å². The topological polar surface area (TPSA) is 51.8 Å². The van der Waals surface area contributed by atoms with E-state index in [-0.39, 0.29) is 5.41 Å². The van der Waals surface area contributed by atoms with E-state index < -0.39 is 0 Å². The Morgan fingerprint density at radius 2 is 1.10 bits per heavy atom. The summed E-state index contributed by atoms with van der Waals surface area (Å²) in [7, 11) is 0. The van der Waals surface area contributed by atoms with E-state index in [1.54, 1.807) is 0 Å². The van der Waals surface area contributed by atoms with Crippen LogP contribution in [0.1, 0.15) is 25.0 Å². The molecule has 0 saturated carbocycles. The number of benzene rings is 7. The fourth-order valence-corrected chi connectivity index (χ4v) is 7.75. The molecule has 7 aromatic carbocycles. The lowest BCUT2D eigenvalue weighted by atomic mass is 9.82. The maximum atomic E-state index is 6.53. The second-order valence-electron chi connectivity index (χ2n) is 13.7. The maximum Gasteiger partial charge on any atom is 0.164 e. The normalized spacial score (nSPS) is 13.2. The van der Waals surface area contributed by atoms with Crippen LogP contribution in [0.5, 0.6) is 0 Å². The molecule has 4 nitrogen and oxygen atoms in total. The summed E-state index contributed by atoms with van der Waals surface area (Å²) in [5.41, 5.74) is 11.6. The first-order valence-corrected chi connectivity index (χ1v) is 17.0. The van der Waals surface area contributed by atoms with Crippen molar-refractivity contribution in [2.24, 2.45) is 0 Å². The van der Waals surface area contributed by atoms with Gasteiger partial charge in [-0.15, -0.1) is 0 Å². The van der Waals surface area contributed by atoms with Crippen LogP contribution in [0.25, 0.3) is 89.1 Å². The molecule has 0 spiro atoms. The Bertz CT molecular complexity index is 2790. The average molecular weight is 642 g/mol. The van der Waals surface area contributed by atoms with Crippen LogP contribution in [0.2, 0.25) is 0 Å². The first-order valence-electron chi connectivity index (χ1n) is 17.0. The highest BCUT2D eigenvalue weighted by molar-refractivity contribution is 6.13. The molecule has 0 fully saturated rings. The number of furan rings is 1. The van der Waals surface area contributed by atoms with E-state index in [1.807, 2.05) is 30.3 Å². The van der Waals surface area contributed by atoms with E-state index in [2.05, 4.69) is 135 Å². The van der Waals surface area contributed by atoms with Crippen molar-refractivity contribution in [2.45, 2.75) is 19.3 Å². The van der Waals surface area contributed by atoms with Gasteiger partial charge in [-0.25, -0.2) is 15.0 Å². The van der Waals surface area contributed by atoms with E-state index in [9.17, 15) is 0 Å². The van der Waals surface area contributed by atoms with Crippen molar-refractivity contribution in [3.05, 3.63) is 163 Å². The Morgan fingerprint density at radius 3 is 1.98 bits per heavy atom. The lowest BCUT2D eigenvalue weighted by Crippen LogP contribution is -2.15. The van der Waals surface area contributed by atoms with Gasteiger partial charge < -0.3 is 4.42 Å². The van der Waals surface area contributed by atoms with Gasteiger partial charge in [0.25, 0.3) is 0 Å². The van der Waals surface area contributed by atoms with E-state index >= 15 is 0 Å². The Morgan fingerprint density at radius 1 is 0.420 bits per heavy atom. The Hall–Kier alpha value is -6.39. The van der Waals surface area contributed by atoms with Crippen LogP contribution in [0.15, 0.2) is 156 Å². The van der Waals surface area contributed by atoms with Crippen molar-refractivity contribution in [2.75, 3.05) is 0 Å². The molecule has 0 bridgehead atoms. The summed E-state index contributed by atoms with van der Waals surface area (Å²) in [6.07, 6.45) is 0. The zero-order chi connectivity index (χ0) is 33.4. The molecule has 0 amide bonds. The highest BCUT2D eigenvalue weighted by Gasteiger charge is 2.35. The van der Waals surface area contributed by atoms with E-state index in [4.69, 9.17) is 19.4 Å². The van der Waals surface area contributed by atoms with Gasteiger partial charge in [-0.3, -0.25) is 0 Å². The van der Waals surface area contributed by atoms with Crippen molar-refractivity contribution < 1.29 is 4.42 Å². The molecule has 50 heavy (non-hydrogen) atoms. The van der Waals surface area contributed by atoms with Crippen LogP contribution >= 0.6 is 0 Å². The van der Waals surface area contributed by atoms with E-state index in [0.717, 1.165) is 49.8 Å². The predicted octanol–water partition coefficient (Wildman–Crippen LogP) is 11.9. The van der Waals surface area contributed by atoms with Crippen molar-refractivity contribution in [1.29, 1.82) is 0 Å². The first-order chi connectivity index (χ1) is 24.5. The zero-order valence-corrected chi connectivity index (χ0v) is 27.7. The summed E-state index contributed by atoms with van der Waals surface area (Å²) in [5, 5.41) is 4.41. The number of rotatable bonds is 4. The van der Waals surface area contributed by atoms with Gasteiger partial charge in [0.15, 0.2) is 17.5 Å². The molecular weight excluding hydrogens is 611 g/mol. The second kappa shape index (κ2) is 10.8. The van der Waals surface area contributed by atoms with Gasteiger partial charge >= 0.3 is 0 Å². The summed E-state index contributed by atoms with van der Waals surface area (Å²) >= 11 is 0. The highest BCUT2D eigenvalue weighted by Crippen LogP contribution is 2.49. The summed E-state index contributed by atoms with van der Waals surface area (Å²) in [5.74, 6) is 1.88. The summed E-state index contributed by atoms with van der Waals surface area (Å²) in [6, 6.07) is 53.1. The molecule has 10 rings (SSSR count). The van der Waals surface area contributed by atoms with Crippen molar-refractivity contribution in [1.82, 2.24) is 15.0 Å². The quantitative estimate of drug-likeness (QED) is 0.192. The second-order valence-corrected chi connectivity index (χ2v) is 13.7. The lowest BCUT2D eigenvalue weighted by molar-refractivity contribution is 0.660. The summed E-state index contributed by atoms with van der Waals surface area (Å²) in [4.78, 5) is 15.6. The molecule has 9 aromatic rings. The molecule has 1 aliphatic rings. The van der Waals surface area contributed by atoms with Crippen molar-refractivity contribution in [3.8, 4) is 56.4 Å². The summed E-state index contributed by atoms with van der Waals surface area (Å²) < 4.78 is 6.53. The SMILES string of the molecule is CC1(C)c2ccccc2-c2ccc(-c3nc(-c4ccccc4)nc(-c4cc(-c5ccc6ccccc6c5)cc5oc6ccccc6c45)n3)cc21. The third-order valence-corrected chi connectivity index (χ3v) is 10.3. The Balaban J connectivity index is 1.23. The van der Waals surface area contributed by atoms with Crippen molar-refractivity contribution >= 4 is 32.7 Å². The number of fused-ring (bicyclic) bond motifs is 7. The third kappa shape index (κ3) is 4.42. The largest absolute Gasteiger partial charge is 0.456 e. The van der Waals surface area contributed by atoms with Crippen molar-refractivity contribution in [3.63, 3.8) is 0 Å². The fraction of sp³-hybridized carbons (Fsp3) is 0.0652. The number of nitrogens with zero attached hydrogens (tertiary/aromatic N) is 3. The minimum Gasteiger partial charge on any atom is -0.456 e. The highest BCUT2D eigenvalue weighted by atomic mass is 16.3. The van der Waals surface area contributed by atoms with Gasteiger partial charge in [-0.2, -0.15) is 0 Å². The van der Waals surface area contributed by atoms with E-state index in [1.165, 1.54) is 33.0 Å². The smallest absolute Gasteiger partial charge is 0.164 e. The molecule has 2 heterocycles. The molecule has 0 radical (unpaired) electrons. The van der Waals surface area contributed by atoms with Gasteiger partial charge in [-0.05, 0) is 74.5 Å². The molecule has 0 atom stereocenters. The molecule has 0 aliphatic heterocycles. The summed E-state index contributed by atoms with van der Waals surface area (Å²) in [6.45, 7) is 4.60. The van der Waals surface area contributed by atoms with E-state index in [0.29, 0.717) is 17.5 Å². The Labute approximate surface area is 289 Å². The lowest BCUT2D eigenvalue weighted by Gasteiger charge is -2.21. The van der Waals surface area contributed by atoms with Crippen LogP contribution in [0.4, 0.5) is 0 Å². The van der Waals surface area contributed by atoms with Gasteiger partial charge in [0, 0.05) is 32.9 Å². The maximum absolute atomic E-state index is 6.53.